The number of carbonyl (C=O) groups is 1. The number of Topliss-reactive ketones (excluding diaryl/α,β-unsaturated/α-hetero) is 1. The molecule has 1 aromatic heterocycles. The number of ketones is 1. The van der Waals surface area contributed by atoms with E-state index < -0.39 is 0 Å². The lowest BCUT2D eigenvalue weighted by molar-refractivity contribution is -0.0734. The topological polar surface area (TPSA) is 26.3 Å². The Bertz CT molecular complexity index is 452. The normalized spacial score (nSPS) is 31.9. The van der Waals surface area contributed by atoms with Crippen LogP contribution in [0, 0.1) is 5.92 Å². The Labute approximate surface area is 120 Å². The molecule has 0 N–H and O–H groups in total. The number of carbonyl (C=O) groups excluding carboxylic acids is 1. The van der Waals surface area contributed by atoms with E-state index >= 15 is 0 Å². The molecular formula is C13H15ClO2S2. The summed E-state index contributed by atoms with van der Waals surface area (Å²) in [6.07, 6.45) is 2.82. The largest absolute Gasteiger partial charge is 0.374 e. The van der Waals surface area contributed by atoms with Crippen LogP contribution in [0.4, 0.5) is 0 Å². The summed E-state index contributed by atoms with van der Waals surface area (Å²) < 4.78 is 6.64. The van der Waals surface area contributed by atoms with Crippen molar-refractivity contribution in [3.05, 3.63) is 21.3 Å². The Morgan fingerprint density at radius 3 is 3.06 bits per heavy atom. The maximum atomic E-state index is 12.4. The minimum absolute atomic E-state index is 0.0235. The van der Waals surface area contributed by atoms with Gasteiger partial charge in [0.2, 0.25) is 0 Å². The van der Waals surface area contributed by atoms with E-state index in [-0.39, 0.29) is 17.3 Å². The molecule has 0 bridgehead atoms. The predicted octanol–water partition coefficient (Wildman–Crippen LogP) is 3.89. The van der Waals surface area contributed by atoms with Crippen LogP contribution in [-0.4, -0.2) is 29.5 Å². The molecule has 0 aliphatic carbocycles. The zero-order valence-electron chi connectivity index (χ0n) is 9.99. The van der Waals surface area contributed by atoms with Crippen LogP contribution in [0.3, 0.4) is 0 Å². The average molecular weight is 303 g/mol. The summed E-state index contributed by atoms with van der Waals surface area (Å²) in [6, 6.07) is 3.65. The third-order valence-electron chi connectivity index (χ3n) is 3.75. The minimum Gasteiger partial charge on any atom is -0.374 e. The zero-order chi connectivity index (χ0) is 12.6. The van der Waals surface area contributed by atoms with Gasteiger partial charge in [-0.2, -0.15) is 11.8 Å². The Morgan fingerprint density at radius 2 is 2.39 bits per heavy atom. The van der Waals surface area contributed by atoms with Crippen LogP contribution in [0.15, 0.2) is 12.1 Å². The number of thiophene rings is 1. The fourth-order valence-corrected chi connectivity index (χ4v) is 5.20. The molecule has 2 nitrogen and oxygen atoms in total. The maximum absolute atomic E-state index is 12.4. The summed E-state index contributed by atoms with van der Waals surface area (Å²) in [4.78, 5) is 13.2. The molecule has 3 rings (SSSR count). The molecule has 2 saturated heterocycles. The van der Waals surface area contributed by atoms with Crippen molar-refractivity contribution in [1.82, 2.24) is 0 Å². The van der Waals surface area contributed by atoms with E-state index in [2.05, 4.69) is 0 Å². The SMILES string of the molecule is O=C(c1ccc(Cl)s1)C1CCOC2(CCSC2)C1. The van der Waals surface area contributed by atoms with Gasteiger partial charge in [0.1, 0.15) is 0 Å². The number of rotatable bonds is 2. The molecule has 0 aromatic carbocycles. The molecule has 2 aliphatic rings. The summed E-state index contributed by atoms with van der Waals surface area (Å²) in [7, 11) is 0. The van der Waals surface area contributed by atoms with E-state index in [1.165, 1.54) is 11.3 Å². The predicted molar refractivity (Wildman–Crippen MR) is 77.0 cm³/mol. The van der Waals surface area contributed by atoms with Crippen molar-refractivity contribution in [2.24, 2.45) is 5.92 Å². The third-order valence-corrected chi connectivity index (χ3v) is 6.22. The molecule has 2 fully saturated rings. The van der Waals surface area contributed by atoms with Gasteiger partial charge in [-0.3, -0.25) is 4.79 Å². The van der Waals surface area contributed by atoms with Crippen LogP contribution in [0.25, 0.3) is 0 Å². The molecule has 1 aromatic rings. The van der Waals surface area contributed by atoms with Crippen LogP contribution >= 0.6 is 34.7 Å². The molecular weight excluding hydrogens is 288 g/mol. The lowest BCUT2D eigenvalue weighted by atomic mass is 9.82. The smallest absolute Gasteiger partial charge is 0.176 e. The Kier molecular flexibility index (Phi) is 3.72. The highest BCUT2D eigenvalue weighted by Gasteiger charge is 2.42. The first-order valence-electron chi connectivity index (χ1n) is 6.20. The molecule has 1 spiro atoms. The second-order valence-electron chi connectivity index (χ2n) is 4.99. The Hall–Kier alpha value is -0.0300. The highest BCUT2D eigenvalue weighted by Crippen LogP contribution is 2.41. The first-order chi connectivity index (χ1) is 8.69. The molecule has 18 heavy (non-hydrogen) atoms. The number of halogens is 1. The molecule has 2 unspecified atom stereocenters. The molecule has 0 saturated carbocycles. The van der Waals surface area contributed by atoms with Crippen molar-refractivity contribution in [2.45, 2.75) is 24.9 Å². The summed E-state index contributed by atoms with van der Waals surface area (Å²) in [5.74, 6) is 2.58. The molecule has 2 atom stereocenters. The zero-order valence-corrected chi connectivity index (χ0v) is 12.4. The lowest BCUT2D eigenvalue weighted by Crippen LogP contribution is -2.41. The fourth-order valence-electron chi connectivity index (χ4n) is 2.76. The van der Waals surface area contributed by atoms with Gasteiger partial charge in [-0.05, 0) is 37.1 Å². The summed E-state index contributed by atoms with van der Waals surface area (Å²) in [5.41, 5.74) is -0.0235. The van der Waals surface area contributed by atoms with Gasteiger partial charge in [-0.1, -0.05) is 11.6 Å². The van der Waals surface area contributed by atoms with E-state index in [1.54, 1.807) is 6.07 Å². The van der Waals surface area contributed by atoms with Crippen molar-refractivity contribution in [3.8, 4) is 0 Å². The number of ether oxygens (including phenoxy) is 1. The lowest BCUT2D eigenvalue weighted by Gasteiger charge is -2.37. The van der Waals surface area contributed by atoms with E-state index in [9.17, 15) is 4.79 Å². The second-order valence-corrected chi connectivity index (χ2v) is 7.81. The van der Waals surface area contributed by atoms with Crippen LogP contribution in [0.2, 0.25) is 4.34 Å². The first kappa shape index (κ1) is 13.0. The Morgan fingerprint density at radius 1 is 1.50 bits per heavy atom. The number of thioether (sulfide) groups is 1. The van der Waals surface area contributed by atoms with Crippen LogP contribution in [0.5, 0.6) is 0 Å². The van der Waals surface area contributed by atoms with E-state index in [1.807, 2.05) is 17.8 Å². The molecule has 0 radical (unpaired) electrons. The third kappa shape index (κ3) is 2.48. The van der Waals surface area contributed by atoms with Crippen molar-refractivity contribution >= 4 is 40.5 Å². The average Bonchev–Trinajstić information content (AvgIpc) is 2.98. The van der Waals surface area contributed by atoms with Gasteiger partial charge in [0, 0.05) is 18.3 Å². The van der Waals surface area contributed by atoms with Crippen molar-refractivity contribution < 1.29 is 9.53 Å². The van der Waals surface area contributed by atoms with Gasteiger partial charge < -0.3 is 4.74 Å². The quantitative estimate of drug-likeness (QED) is 0.775. The van der Waals surface area contributed by atoms with E-state index in [4.69, 9.17) is 16.3 Å². The number of hydrogen-bond donors (Lipinski definition) is 0. The van der Waals surface area contributed by atoms with Crippen molar-refractivity contribution in [3.63, 3.8) is 0 Å². The van der Waals surface area contributed by atoms with Crippen LogP contribution in [-0.2, 0) is 4.74 Å². The van der Waals surface area contributed by atoms with Gasteiger partial charge in [-0.15, -0.1) is 11.3 Å². The monoisotopic (exact) mass is 302 g/mol. The Balaban J connectivity index is 1.74. The highest BCUT2D eigenvalue weighted by atomic mass is 35.5. The van der Waals surface area contributed by atoms with Crippen molar-refractivity contribution in [1.29, 1.82) is 0 Å². The van der Waals surface area contributed by atoms with Gasteiger partial charge >= 0.3 is 0 Å². The van der Waals surface area contributed by atoms with Gasteiger partial charge in [0.05, 0.1) is 14.8 Å². The van der Waals surface area contributed by atoms with E-state index in [0.717, 1.165) is 42.3 Å². The van der Waals surface area contributed by atoms with Gasteiger partial charge in [0.25, 0.3) is 0 Å². The molecule has 0 amide bonds. The number of hydrogen-bond acceptors (Lipinski definition) is 4. The summed E-state index contributed by atoms with van der Waals surface area (Å²) in [6.45, 7) is 0.718. The minimum atomic E-state index is -0.0235. The molecule has 3 heterocycles. The first-order valence-corrected chi connectivity index (χ1v) is 8.55. The summed E-state index contributed by atoms with van der Waals surface area (Å²) >= 11 is 9.23. The van der Waals surface area contributed by atoms with Crippen LogP contribution in [0.1, 0.15) is 28.9 Å². The van der Waals surface area contributed by atoms with E-state index in [0.29, 0.717) is 4.34 Å². The molecule has 98 valence electrons. The fraction of sp³-hybridized carbons (Fsp3) is 0.615. The standard InChI is InChI=1S/C13H15ClO2S2/c14-11-2-1-10(18-11)12(15)9-3-5-16-13(7-9)4-6-17-8-13/h1-2,9H,3-8H2. The van der Waals surface area contributed by atoms with Gasteiger partial charge in [0.15, 0.2) is 5.78 Å². The van der Waals surface area contributed by atoms with Crippen LogP contribution < -0.4 is 0 Å². The van der Waals surface area contributed by atoms with Gasteiger partial charge in [-0.25, -0.2) is 0 Å². The molecule has 5 heteroatoms. The second kappa shape index (κ2) is 5.16. The maximum Gasteiger partial charge on any atom is 0.176 e. The molecule has 2 aliphatic heterocycles. The highest BCUT2D eigenvalue weighted by molar-refractivity contribution is 7.99. The van der Waals surface area contributed by atoms with Crippen molar-refractivity contribution in [2.75, 3.05) is 18.1 Å². The summed E-state index contributed by atoms with van der Waals surface area (Å²) in [5, 5.41) is 0.